The quantitative estimate of drug-likeness (QED) is 0.884. The predicted molar refractivity (Wildman–Crippen MR) is 69.1 cm³/mol. The maximum Gasteiger partial charge on any atom is 0.242 e. The van der Waals surface area contributed by atoms with E-state index in [9.17, 15) is 12.8 Å². The lowest BCUT2D eigenvalue weighted by atomic mass is 10.2. The van der Waals surface area contributed by atoms with E-state index in [2.05, 4.69) is 9.71 Å². The average Bonchev–Trinajstić information content (AvgIpc) is 2.39. The number of nitrogens with zero attached hydrogens (tertiary/aromatic N) is 1. The van der Waals surface area contributed by atoms with Crippen LogP contribution in [-0.4, -0.2) is 13.4 Å². The fourth-order valence-corrected chi connectivity index (χ4v) is 2.38. The summed E-state index contributed by atoms with van der Waals surface area (Å²) in [5, 5.41) is 0. The summed E-state index contributed by atoms with van der Waals surface area (Å²) in [4.78, 5) is 3.75. The molecule has 0 saturated heterocycles. The zero-order chi connectivity index (χ0) is 13.9. The average molecular weight is 281 g/mol. The molecule has 0 amide bonds. The summed E-state index contributed by atoms with van der Waals surface area (Å²) in [7, 11) is -3.65. The number of halogens is 1. The minimum atomic E-state index is -3.65. The third-order valence-corrected chi connectivity index (χ3v) is 3.84. The minimum absolute atomic E-state index is 0.0313. The molecule has 0 aliphatic rings. The summed E-state index contributed by atoms with van der Waals surface area (Å²) in [6.07, 6.45) is 1.18. The van der Waals surface area contributed by atoms with E-state index in [0.717, 1.165) is 0 Å². The van der Waals surface area contributed by atoms with E-state index < -0.39 is 10.0 Å². The largest absolute Gasteiger partial charge is 0.384 e. The monoisotopic (exact) mass is 281 g/mol. The van der Waals surface area contributed by atoms with Crippen molar-refractivity contribution in [1.29, 1.82) is 0 Å². The lowest BCUT2D eigenvalue weighted by Crippen LogP contribution is -2.23. The number of benzene rings is 1. The van der Waals surface area contributed by atoms with Crippen molar-refractivity contribution in [2.24, 2.45) is 0 Å². The number of anilines is 1. The Kier molecular flexibility index (Phi) is 3.77. The van der Waals surface area contributed by atoms with E-state index >= 15 is 0 Å². The van der Waals surface area contributed by atoms with Crippen LogP contribution in [0.3, 0.4) is 0 Å². The number of nitrogen functional groups attached to an aromatic ring is 1. The highest BCUT2D eigenvalue weighted by Crippen LogP contribution is 2.10. The minimum Gasteiger partial charge on any atom is -0.384 e. The molecule has 0 atom stereocenters. The Morgan fingerprint density at radius 1 is 1.16 bits per heavy atom. The lowest BCUT2D eigenvalue weighted by Gasteiger charge is -2.06. The molecule has 0 saturated carbocycles. The van der Waals surface area contributed by atoms with Crippen LogP contribution in [0, 0.1) is 5.82 Å². The highest BCUT2D eigenvalue weighted by Gasteiger charge is 2.13. The molecule has 0 fully saturated rings. The van der Waals surface area contributed by atoms with Crippen LogP contribution in [0.4, 0.5) is 10.2 Å². The molecule has 0 aliphatic heterocycles. The molecule has 2 rings (SSSR count). The number of nitrogens with two attached hydrogens (primary N) is 1. The molecule has 0 bridgehead atoms. The summed E-state index contributed by atoms with van der Waals surface area (Å²) < 4.78 is 38.9. The Balaban J connectivity index is 2.09. The van der Waals surface area contributed by atoms with E-state index in [1.54, 1.807) is 0 Å². The zero-order valence-electron chi connectivity index (χ0n) is 9.88. The highest BCUT2D eigenvalue weighted by molar-refractivity contribution is 7.89. The zero-order valence-corrected chi connectivity index (χ0v) is 10.7. The Morgan fingerprint density at radius 3 is 2.42 bits per heavy atom. The third-order valence-electron chi connectivity index (χ3n) is 2.45. The van der Waals surface area contributed by atoms with Crippen molar-refractivity contribution in [1.82, 2.24) is 9.71 Å². The summed E-state index contributed by atoms with van der Waals surface area (Å²) in [6.45, 7) is 0.0764. The Labute approximate surface area is 110 Å². The third kappa shape index (κ3) is 3.49. The van der Waals surface area contributed by atoms with Crippen molar-refractivity contribution in [3.8, 4) is 0 Å². The van der Waals surface area contributed by atoms with Gasteiger partial charge in [-0.3, -0.25) is 0 Å². The summed E-state index contributed by atoms with van der Waals surface area (Å²) in [6, 6.07) is 8.35. The molecule has 1 aromatic heterocycles. The van der Waals surface area contributed by atoms with Crippen molar-refractivity contribution < 1.29 is 12.8 Å². The van der Waals surface area contributed by atoms with Gasteiger partial charge in [0.15, 0.2) is 0 Å². The lowest BCUT2D eigenvalue weighted by molar-refractivity contribution is 0.581. The Morgan fingerprint density at radius 2 is 1.84 bits per heavy atom. The first-order chi connectivity index (χ1) is 8.97. The van der Waals surface area contributed by atoms with Crippen LogP contribution in [-0.2, 0) is 16.6 Å². The maximum atomic E-state index is 12.7. The molecule has 3 N–H and O–H groups in total. The smallest absolute Gasteiger partial charge is 0.242 e. The van der Waals surface area contributed by atoms with Crippen molar-refractivity contribution in [3.05, 3.63) is 54.0 Å². The van der Waals surface area contributed by atoms with Gasteiger partial charge in [-0.15, -0.1) is 0 Å². The normalized spacial score (nSPS) is 11.4. The summed E-state index contributed by atoms with van der Waals surface area (Å²) >= 11 is 0. The van der Waals surface area contributed by atoms with Crippen LogP contribution < -0.4 is 10.5 Å². The van der Waals surface area contributed by atoms with E-state index in [0.29, 0.717) is 5.56 Å². The van der Waals surface area contributed by atoms with Crippen molar-refractivity contribution in [3.63, 3.8) is 0 Å². The molecular weight excluding hydrogens is 269 g/mol. The number of hydrogen-bond acceptors (Lipinski definition) is 4. The van der Waals surface area contributed by atoms with Crippen LogP contribution in [0.25, 0.3) is 0 Å². The van der Waals surface area contributed by atoms with E-state index in [4.69, 9.17) is 5.73 Å². The van der Waals surface area contributed by atoms with Crippen molar-refractivity contribution in [2.75, 3.05) is 5.73 Å². The number of nitrogens with one attached hydrogen (secondary N) is 1. The van der Waals surface area contributed by atoms with Crippen molar-refractivity contribution in [2.45, 2.75) is 11.4 Å². The predicted octanol–water partition coefficient (Wildman–Crippen LogP) is 1.28. The molecule has 2 aromatic rings. The van der Waals surface area contributed by atoms with Gasteiger partial charge in [0.1, 0.15) is 16.5 Å². The van der Waals surface area contributed by atoms with Gasteiger partial charge in [-0.05, 0) is 29.8 Å². The fraction of sp³-hybridized carbons (Fsp3) is 0.0833. The SMILES string of the molecule is Nc1ccc(S(=O)(=O)NCc2ccc(F)cc2)cn1. The van der Waals surface area contributed by atoms with Crippen LogP contribution in [0.5, 0.6) is 0 Å². The van der Waals surface area contributed by atoms with Gasteiger partial charge < -0.3 is 5.73 Å². The number of hydrogen-bond donors (Lipinski definition) is 2. The first-order valence-corrected chi connectivity index (χ1v) is 6.91. The van der Waals surface area contributed by atoms with Gasteiger partial charge in [0.25, 0.3) is 0 Å². The molecular formula is C12H12FN3O2S. The van der Waals surface area contributed by atoms with E-state index in [-0.39, 0.29) is 23.1 Å². The molecule has 19 heavy (non-hydrogen) atoms. The van der Waals surface area contributed by atoms with Gasteiger partial charge in [-0.1, -0.05) is 12.1 Å². The van der Waals surface area contributed by atoms with Gasteiger partial charge in [0, 0.05) is 12.7 Å². The Bertz CT molecular complexity index is 654. The number of rotatable bonds is 4. The van der Waals surface area contributed by atoms with Crippen LogP contribution in [0.2, 0.25) is 0 Å². The number of aromatic nitrogens is 1. The molecule has 7 heteroatoms. The van der Waals surface area contributed by atoms with E-state index in [1.165, 1.54) is 42.6 Å². The molecule has 1 aromatic carbocycles. The van der Waals surface area contributed by atoms with Gasteiger partial charge in [0.2, 0.25) is 10.0 Å². The second-order valence-corrected chi connectivity index (χ2v) is 5.64. The first-order valence-electron chi connectivity index (χ1n) is 5.43. The second-order valence-electron chi connectivity index (χ2n) is 3.87. The molecule has 0 radical (unpaired) electrons. The van der Waals surface area contributed by atoms with E-state index in [1.807, 2.05) is 0 Å². The number of pyridine rings is 1. The van der Waals surface area contributed by atoms with Crippen LogP contribution in [0.1, 0.15) is 5.56 Å². The standard InChI is InChI=1S/C12H12FN3O2S/c13-10-3-1-9(2-4-10)7-16-19(17,18)11-5-6-12(14)15-8-11/h1-6,8,16H,7H2,(H2,14,15). The molecule has 0 spiro atoms. The van der Waals surface area contributed by atoms with Crippen LogP contribution >= 0.6 is 0 Å². The van der Waals surface area contributed by atoms with Gasteiger partial charge in [-0.2, -0.15) is 0 Å². The Hall–Kier alpha value is -1.99. The second kappa shape index (κ2) is 5.33. The summed E-state index contributed by atoms with van der Waals surface area (Å²) in [5.74, 6) is -0.119. The van der Waals surface area contributed by atoms with Crippen molar-refractivity contribution >= 4 is 15.8 Å². The molecule has 1 heterocycles. The van der Waals surface area contributed by atoms with Gasteiger partial charge in [0.05, 0.1) is 0 Å². The number of sulfonamides is 1. The first kappa shape index (κ1) is 13.4. The summed E-state index contributed by atoms with van der Waals surface area (Å²) in [5.41, 5.74) is 6.05. The molecule has 0 aliphatic carbocycles. The van der Waals surface area contributed by atoms with Gasteiger partial charge in [-0.25, -0.2) is 22.5 Å². The maximum absolute atomic E-state index is 12.7. The fourth-order valence-electron chi connectivity index (χ4n) is 1.41. The topological polar surface area (TPSA) is 85.1 Å². The molecule has 100 valence electrons. The highest BCUT2D eigenvalue weighted by atomic mass is 32.2. The molecule has 0 unspecified atom stereocenters. The van der Waals surface area contributed by atoms with Crippen LogP contribution in [0.15, 0.2) is 47.5 Å². The van der Waals surface area contributed by atoms with Gasteiger partial charge >= 0.3 is 0 Å². The molecule has 5 nitrogen and oxygen atoms in total.